The van der Waals surface area contributed by atoms with Gasteiger partial charge in [0.25, 0.3) is 5.56 Å². The number of aryl methyl sites for hydroxylation is 2. The maximum Gasteiger partial charge on any atom is 0.267 e. The Bertz CT molecular complexity index is 1380. The van der Waals surface area contributed by atoms with Crippen LogP contribution in [0, 0.1) is 18.6 Å². The Morgan fingerprint density at radius 1 is 1.10 bits per heavy atom. The molecule has 1 saturated heterocycles. The standard InChI is InChI=1S/C22H23N5O2S/c1-15-7-8-18(16(2)13-15)26-20(28)17-5-3-4-6-19(17)27-21(26)23-25(22(27)30)14-24-9-11-29-12-10-24/h3-8,13H,9-12,14H2,1-2H3. The molecule has 0 amide bonds. The third-order valence-electron chi connectivity index (χ3n) is 5.63. The monoisotopic (exact) mass is 421 g/mol. The van der Waals surface area contributed by atoms with E-state index in [1.54, 1.807) is 4.57 Å². The predicted molar refractivity (Wildman–Crippen MR) is 119 cm³/mol. The van der Waals surface area contributed by atoms with Gasteiger partial charge in [0.15, 0.2) is 0 Å². The smallest absolute Gasteiger partial charge is 0.267 e. The average molecular weight is 422 g/mol. The minimum Gasteiger partial charge on any atom is -0.379 e. The highest BCUT2D eigenvalue weighted by Crippen LogP contribution is 2.20. The van der Waals surface area contributed by atoms with E-state index in [2.05, 4.69) is 11.0 Å². The largest absolute Gasteiger partial charge is 0.379 e. The Morgan fingerprint density at radius 3 is 2.63 bits per heavy atom. The number of fused-ring (bicyclic) bond motifs is 3. The first-order chi connectivity index (χ1) is 14.5. The van der Waals surface area contributed by atoms with Gasteiger partial charge in [-0.25, -0.2) is 9.25 Å². The molecule has 0 spiro atoms. The quantitative estimate of drug-likeness (QED) is 0.476. The van der Waals surface area contributed by atoms with Gasteiger partial charge >= 0.3 is 0 Å². The molecule has 2 aromatic heterocycles. The predicted octanol–water partition coefficient (Wildman–Crippen LogP) is 3.08. The summed E-state index contributed by atoms with van der Waals surface area (Å²) in [7, 11) is 0. The van der Waals surface area contributed by atoms with Gasteiger partial charge in [0.05, 0.1) is 36.5 Å². The summed E-state index contributed by atoms with van der Waals surface area (Å²) in [6.45, 7) is 7.70. The number of hydrogen-bond donors (Lipinski definition) is 0. The molecule has 1 aliphatic heterocycles. The van der Waals surface area contributed by atoms with Crippen molar-refractivity contribution >= 4 is 28.9 Å². The third-order valence-corrected chi connectivity index (χ3v) is 6.02. The summed E-state index contributed by atoms with van der Waals surface area (Å²) in [5, 5.41) is 5.43. The van der Waals surface area contributed by atoms with Crippen LogP contribution in [0.25, 0.3) is 22.4 Å². The van der Waals surface area contributed by atoms with Gasteiger partial charge in [-0.3, -0.25) is 14.1 Å². The average Bonchev–Trinajstić information content (AvgIpc) is 3.06. The topological polar surface area (TPSA) is 56.7 Å². The molecular weight excluding hydrogens is 398 g/mol. The van der Waals surface area contributed by atoms with Crippen molar-refractivity contribution in [1.82, 2.24) is 23.6 Å². The molecule has 1 aliphatic rings. The summed E-state index contributed by atoms with van der Waals surface area (Å²) in [5.74, 6) is 0.531. The van der Waals surface area contributed by atoms with Gasteiger partial charge in [-0.05, 0) is 49.8 Å². The molecule has 2 aromatic carbocycles. The zero-order chi connectivity index (χ0) is 20.8. The van der Waals surface area contributed by atoms with Crippen molar-refractivity contribution in [1.29, 1.82) is 0 Å². The van der Waals surface area contributed by atoms with E-state index in [4.69, 9.17) is 22.1 Å². The van der Waals surface area contributed by atoms with E-state index in [-0.39, 0.29) is 5.56 Å². The molecule has 0 unspecified atom stereocenters. The van der Waals surface area contributed by atoms with Crippen LogP contribution in [0.3, 0.4) is 0 Å². The number of ether oxygens (including phenoxy) is 1. The SMILES string of the molecule is Cc1ccc(-n2c(=O)c3ccccc3n3c(=S)n(CN4CCOCC4)nc23)c(C)c1. The Labute approximate surface area is 178 Å². The Morgan fingerprint density at radius 2 is 1.87 bits per heavy atom. The third kappa shape index (κ3) is 3.08. The maximum atomic E-state index is 13.5. The highest BCUT2D eigenvalue weighted by molar-refractivity contribution is 7.71. The Kier molecular flexibility index (Phi) is 4.77. The summed E-state index contributed by atoms with van der Waals surface area (Å²) in [4.78, 5) is 15.8. The number of para-hydroxylation sites is 1. The molecule has 0 N–H and O–H groups in total. The molecule has 0 aliphatic carbocycles. The van der Waals surface area contributed by atoms with Crippen LogP contribution >= 0.6 is 12.2 Å². The second kappa shape index (κ2) is 7.46. The van der Waals surface area contributed by atoms with E-state index in [0.717, 1.165) is 35.4 Å². The lowest BCUT2D eigenvalue weighted by Crippen LogP contribution is -2.37. The van der Waals surface area contributed by atoms with Crippen molar-refractivity contribution < 1.29 is 4.74 Å². The zero-order valence-electron chi connectivity index (χ0n) is 17.0. The zero-order valence-corrected chi connectivity index (χ0v) is 17.9. The fraction of sp³-hybridized carbons (Fsp3) is 0.318. The first-order valence-corrected chi connectivity index (χ1v) is 10.5. The molecule has 0 atom stereocenters. The van der Waals surface area contributed by atoms with Crippen LogP contribution in [0.4, 0.5) is 0 Å². The van der Waals surface area contributed by atoms with Gasteiger partial charge in [0, 0.05) is 13.1 Å². The van der Waals surface area contributed by atoms with Crippen molar-refractivity contribution in [3.8, 4) is 5.69 Å². The number of rotatable bonds is 3. The van der Waals surface area contributed by atoms with Gasteiger partial charge in [0.1, 0.15) is 0 Å². The van der Waals surface area contributed by atoms with Crippen molar-refractivity contribution in [2.45, 2.75) is 20.5 Å². The molecule has 4 aromatic rings. The van der Waals surface area contributed by atoms with Crippen LogP contribution in [0.1, 0.15) is 11.1 Å². The number of aromatic nitrogens is 4. The minimum absolute atomic E-state index is 0.0939. The second-order valence-electron chi connectivity index (χ2n) is 7.74. The summed E-state index contributed by atoms with van der Waals surface area (Å²) in [6.07, 6.45) is 0. The molecular formula is C22H23N5O2S. The van der Waals surface area contributed by atoms with Crippen LogP contribution in [-0.4, -0.2) is 50.0 Å². The van der Waals surface area contributed by atoms with Crippen LogP contribution in [0.2, 0.25) is 0 Å². The number of benzene rings is 2. The van der Waals surface area contributed by atoms with Gasteiger partial charge in [-0.15, -0.1) is 5.10 Å². The molecule has 0 bridgehead atoms. The minimum atomic E-state index is -0.0939. The van der Waals surface area contributed by atoms with Gasteiger partial charge in [0.2, 0.25) is 10.5 Å². The summed E-state index contributed by atoms with van der Waals surface area (Å²) in [6, 6.07) is 13.6. The lowest BCUT2D eigenvalue weighted by atomic mass is 10.1. The van der Waals surface area contributed by atoms with E-state index in [0.29, 0.717) is 35.8 Å². The lowest BCUT2D eigenvalue weighted by molar-refractivity contribution is 0.0210. The Balaban J connectivity index is 1.82. The van der Waals surface area contributed by atoms with Crippen LogP contribution < -0.4 is 5.56 Å². The van der Waals surface area contributed by atoms with Gasteiger partial charge in [-0.1, -0.05) is 29.8 Å². The normalized spacial score (nSPS) is 15.3. The van der Waals surface area contributed by atoms with E-state index >= 15 is 0 Å². The van der Waals surface area contributed by atoms with Crippen molar-refractivity contribution in [2.24, 2.45) is 0 Å². The first kappa shape index (κ1) is 19.2. The van der Waals surface area contributed by atoms with Crippen molar-refractivity contribution in [3.63, 3.8) is 0 Å². The number of hydrogen-bond acceptors (Lipinski definition) is 5. The molecule has 0 saturated carbocycles. The maximum absolute atomic E-state index is 13.5. The highest BCUT2D eigenvalue weighted by Gasteiger charge is 2.19. The molecule has 1 fully saturated rings. The molecule has 7 nitrogen and oxygen atoms in total. The fourth-order valence-corrected chi connectivity index (χ4v) is 4.39. The Hall–Kier alpha value is -2.81. The van der Waals surface area contributed by atoms with E-state index in [9.17, 15) is 4.79 Å². The number of morpholine rings is 1. The molecule has 8 heteroatoms. The van der Waals surface area contributed by atoms with Crippen LogP contribution in [-0.2, 0) is 11.4 Å². The fourth-order valence-electron chi connectivity index (χ4n) is 4.11. The van der Waals surface area contributed by atoms with E-state index in [1.165, 1.54) is 0 Å². The van der Waals surface area contributed by atoms with Crippen LogP contribution in [0.5, 0.6) is 0 Å². The number of nitrogens with zero attached hydrogens (tertiary/aromatic N) is 5. The first-order valence-electron chi connectivity index (χ1n) is 10.1. The van der Waals surface area contributed by atoms with Gasteiger partial charge in [-0.2, -0.15) is 0 Å². The highest BCUT2D eigenvalue weighted by atomic mass is 32.1. The van der Waals surface area contributed by atoms with Crippen molar-refractivity contribution in [2.75, 3.05) is 26.3 Å². The van der Waals surface area contributed by atoms with E-state index < -0.39 is 0 Å². The molecule has 154 valence electrons. The summed E-state index contributed by atoms with van der Waals surface area (Å²) in [5.41, 5.74) is 3.67. The summed E-state index contributed by atoms with van der Waals surface area (Å²) < 4.78 is 11.4. The van der Waals surface area contributed by atoms with E-state index in [1.807, 2.05) is 59.3 Å². The van der Waals surface area contributed by atoms with Gasteiger partial charge < -0.3 is 4.74 Å². The lowest BCUT2D eigenvalue weighted by Gasteiger charge is -2.25. The summed E-state index contributed by atoms with van der Waals surface area (Å²) >= 11 is 5.82. The molecule has 3 heterocycles. The molecule has 30 heavy (non-hydrogen) atoms. The van der Waals surface area contributed by atoms with Crippen molar-refractivity contribution in [3.05, 3.63) is 68.7 Å². The molecule has 0 radical (unpaired) electrons. The van der Waals surface area contributed by atoms with Crippen LogP contribution in [0.15, 0.2) is 47.3 Å². The second-order valence-corrected chi connectivity index (χ2v) is 8.10. The molecule has 5 rings (SSSR count).